The first-order chi connectivity index (χ1) is 21.1. The molecule has 232 valence electrons. The lowest BCUT2D eigenvalue weighted by molar-refractivity contribution is 0.0904. The normalized spacial score (nSPS) is 16.8. The lowest BCUT2D eigenvalue weighted by Gasteiger charge is -2.43. The number of anilines is 3. The Morgan fingerprint density at radius 1 is 0.955 bits per heavy atom. The van der Waals surface area contributed by atoms with Crippen LogP contribution in [0, 0.1) is 11.6 Å². The predicted octanol–water partition coefficient (Wildman–Crippen LogP) is 6.20. The maximum Gasteiger partial charge on any atom is 0.258 e. The van der Waals surface area contributed by atoms with E-state index in [-0.39, 0.29) is 17.5 Å². The van der Waals surface area contributed by atoms with Crippen molar-refractivity contribution in [2.45, 2.75) is 51.6 Å². The van der Waals surface area contributed by atoms with Crippen LogP contribution in [0.2, 0.25) is 0 Å². The molecule has 4 aromatic rings. The van der Waals surface area contributed by atoms with E-state index in [4.69, 9.17) is 4.74 Å². The van der Waals surface area contributed by atoms with Crippen LogP contribution < -0.4 is 15.5 Å². The molecular weight excluding hydrogens is 562 g/mol. The molecule has 2 saturated heterocycles. The topological polar surface area (TPSA) is 85.5 Å². The monoisotopic (exact) mass is 602 g/mol. The van der Waals surface area contributed by atoms with Crippen molar-refractivity contribution in [2.24, 2.45) is 0 Å². The van der Waals surface area contributed by atoms with E-state index in [1.807, 2.05) is 30.3 Å². The van der Waals surface area contributed by atoms with Crippen molar-refractivity contribution in [3.05, 3.63) is 82.9 Å². The Hall–Kier alpha value is -4.02. The summed E-state index contributed by atoms with van der Waals surface area (Å²) in [4.78, 5) is 18.7. The Bertz CT molecular complexity index is 1610. The summed E-state index contributed by atoms with van der Waals surface area (Å²) in [6.45, 7) is 11.9. The molecule has 2 fully saturated rings. The second-order valence-corrected chi connectivity index (χ2v) is 12.8. The van der Waals surface area contributed by atoms with E-state index in [1.54, 1.807) is 0 Å². The Kier molecular flexibility index (Phi) is 8.55. The molecule has 10 heteroatoms. The average Bonchev–Trinajstić information content (AvgIpc) is 3.38. The number of carbonyl (C=O) groups excluding carboxylic acids is 1. The van der Waals surface area contributed by atoms with Gasteiger partial charge in [0.1, 0.15) is 11.6 Å². The highest BCUT2D eigenvalue weighted by molar-refractivity contribution is 6.11. The zero-order valence-corrected chi connectivity index (χ0v) is 25.6. The second-order valence-electron chi connectivity index (χ2n) is 12.8. The van der Waals surface area contributed by atoms with Crippen molar-refractivity contribution in [1.82, 2.24) is 15.1 Å². The highest BCUT2D eigenvalue weighted by Crippen LogP contribution is 2.30. The fraction of sp³-hybridized carbons (Fsp3) is 0.412. The Balaban J connectivity index is 1.24. The number of aromatic nitrogens is 2. The number of fused-ring (bicyclic) bond motifs is 1. The van der Waals surface area contributed by atoms with Crippen LogP contribution in [-0.2, 0) is 11.2 Å². The summed E-state index contributed by atoms with van der Waals surface area (Å²) in [5.41, 5.74) is 4.68. The summed E-state index contributed by atoms with van der Waals surface area (Å²) in [7, 11) is 0. The number of rotatable bonds is 7. The highest BCUT2D eigenvalue weighted by Gasteiger charge is 2.27. The van der Waals surface area contributed by atoms with Gasteiger partial charge in [-0.1, -0.05) is 6.07 Å². The van der Waals surface area contributed by atoms with Gasteiger partial charge in [-0.25, -0.2) is 8.78 Å². The number of amides is 1. The van der Waals surface area contributed by atoms with Crippen LogP contribution >= 0.6 is 0 Å². The zero-order valence-electron chi connectivity index (χ0n) is 25.6. The van der Waals surface area contributed by atoms with Gasteiger partial charge in [0.2, 0.25) is 0 Å². The third-order valence-electron chi connectivity index (χ3n) is 8.61. The van der Waals surface area contributed by atoms with Crippen molar-refractivity contribution in [3.63, 3.8) is 0 Å². The van der Waals surface area contributed by atoms with Crippen LogP contribution in [0.5, 0.6) is 0 Å². The number of benzene rings is 3. The van der Waals surface area contributed by atoms with Gasteiger partial charge in [-0.05, 0) is 93.6 Å². The largest absolute Gasteiger partial charge is 0.381 e. The number of H-pyrrole nitrogens is 1. The molecule has 44 heavy (non-hydrogen) atoms. The van der Waals surface area contributed by atoms with Crippen LogP contribution in [0.25, 0.3) is 10.9 Å². The molecule has 2 aliphatic rings. The summed E-state index contributed by atoms with van der Waals surface area (Å²) in [5.74, 6) is -1.09. The zero-order chi connectivity index (χ0) is 30.8. The Morgan fingerprint density at radius 3 is 2.39 bits per heavy atom. The number of piperazine rings is 1. The molecule has 3 heterocycles. The standard InChI is InChI=1S/C34H40F2N6O2/c1-34(2,3)42-12-10-41(11-13-42)27-5-6-28(31(21-27)37-26-8-14-44-15-9-26)33(43)38-32-29-19-22(4-7-30(29)39-40-32)16-23-17-24(35)20-25(36)18-23/h4-7,17-21,26,37H,8-16H2,1-3H3,(H2,38,39,40,43). The van der Waals surface area contributed by atoms with Crippen molar-refractivity contribution >= 4 is 34.0 Å². The van der Waals surface area contributed by atoms with E-state index in [0.717, 1.165) is 72.9 Å². The molecule has 0 saturated carbocycles. The van der Waals surface area contributed by atoms with Crippen molar-refractivity contribution < 1.29 is 18.3 Å². The van der Waals surface area contributed by atoms with E-state index in [9.17, 15) is 13.6 Å². The van der Waals surface area contributed by atoms with Crippen LogP contribution in [0.15, 0.2) is 54.6 Å². The minimum Gasteiger partial charge on any atom is -0.381 e. The predicted molar refractivity (Wildman–Crippen MR) is 171 cm³/mol. The number of carbonyl (C=O) groups is 1. The third-order valence-corrected chi connectivity index (χ3v) is 8.61. The van der Waals surface area contributed by atoms with Crippen LogP contribution in [-0.4, -0.2) is 72.0 Å². The average molecular weight is 603 g/mol. The van der Waals surface area contributed by atoms with E-state index >= 15 is 0 Å². The number of halogens is 2. The molecule has 1 amide bonds. The molecule has 0 radical (unpaired) electrons. The first-order valence-electron chi connectivity index (χ1n) is 15.3. The van der Waals surface area contributed by atoms with Gasteiger partial charge < -0.3 is 20.3 Å². The van der Waals surface area contributed by atoms with Gasteiger partial charge in [0.25, 0.3) is 5.91 Å². The molecule has 0 bridgehead atoms. The van der Waals surface area contributed by atoms with Crippen LogP contribution in [0.1, 0.15) is 55.1 Å². The SMILES string of the molecule is CC(C)(C)N1CCN(c2ccc(C(=O)Nc3n[nH]c4ccc(Cc5cc(F)cc(F)c5)cc34)c(NC3CCOCC3)c2)CC1. The van der Waals surface area contributed by atoms with E-state index in [0.29, 0.717) is 36.6 Å². The summed E-state index contributed by atoms with van der Waals surface area (Å²) in [5, 5.41) is 14.7. The summed E-state index contributed by atoms with van der Waals surface area (Å²) in [6, 6.07) is 15.4. The lowest BCUT2D eigenvalue weighted by atomic mass is 10.0. The van der Waals surface area contributed by atoms with Gasteiger partial charge in [-0.15, -0.1) is 0 Å². The molecule has 3 N–H and O–H groups in total. The first-order valence-corrected chi connectivity index (χ1v) is 15.3. The highest BCUT2D eigenvalue weighted by atomic mass is 19.1. The number of hydrogen-bond acceptors (Lipinski definition) is 6. The van der Waals surface area contributed by atoms with Gasteiger partial charge in [-0.2, -0.15) is 5.10 Å². The van der Waals surface area contributed by atoms with Crippen LogP contribution in [0.3, 0.4) is 0 Å². The van der Waals surface area contributed by atoms with Gasteiger partial charge >= 0.3 is 0 Å². The van der Waals surface area contributed by atoms with E-state index < -0.39 is 11.6 Å². The second kappa shape index (κ2) is 12.5. The first kappa shape index (κ1) is 30.0. The maximum absolute atomic E-state index is 13.8. The molecular formula is C34H40F2N6O2. The summed E-state index contributed by atoms with van der Waals surface area (Å²) >= 11 is 0. The van der Waals surface area contributed by atoms with Crippen molar-refractivity contribution in [1.29, 1.82) is 0 Å². The van der Waals surface area contributed by atoms with Gasteiger partial charge in [0.15, 0.2) is 5.82 Å². The quantitative estimate of drug-likeness (QED) is 0.234. The molecule has 1 aromatic heterocycles. The van der Waals surface area contributed by atoms with Crippen molar-refractivity contribution in [2.75, 3.05) is 54.9 Å². The molecule has 0 unspecified atom stereocenters. The van der Waals surface area contributed by atoms with Crippen molar-refractivity contribution in [3.8, 4) is 0 Å². The molecule has 8 nitrogen and oxygen atoms in total. The summed E-state index contributed by atoms with van der Waals surface area (Å²) in [6.07, 6.45) is 2.09. The van der Waals surface area contributed by atoms with Gasteiger partial charge in [0, 0.05) is 73.8 Å². The fourth-order valence-electron chi connectivity index (χ4n) is 6.13. The van der Waals surface area contributed by atoms with Gasteiger partial charge in [-0.3, -0.25) is 14.8 Å². The molecule has 0 atom stereocenters. The Morgan fingerprint density at radius 2 is 1.68 bits per heavy atom. The van der Waals surface area contributed by atoms with Gasteiger partial charge in [0.05, 0.1) is 11.1 Å². The molecule has 0 spiro atoms. The smallest absolute Gasteiger partial charge is 0.258 e. The molecule has 3 aromatic carbocycles. The number of aromatic amines is 1. The van der Waals surface area contributed by atoms with E-state index in [1.165, 1.54) is 12.1 Å². The molecule has 6 rings (SSSR count). The van der Waals surface area contributed by atoms with E-state index in [2.05, 4.69) is 57.5 Å². The van der Waals surface area contributed by atoms with Crippen LogP contribution in [0.4, 0.5) is 26.0 Å². The Labute approximate surface area is 256 Å². The molecule has 2 aliphatic heterocycles. The number of ether oxygens (including phenoxy) is 1. The number of nitrogens with zero attached hydrogens (tertiary/aromatic N) is 3. The number of nitrogens with one attached hydrogen (secondary N) is 3. The number of hydrogen-bond donors (Lipinski definition) is 3. The summed E-state index contributed by atoms with van der Waals surface area (Å²) < 4.78 is 33.1. The third kappa shape index (κ3) is 6.87. The lowest BCUT2D eigenvalue weighted by Crippen LogP contribution is -2.53. The minimum absolute atomic E-state index is 0.137. The maximum atomic E-state index is 13.8. The minimum atomic E-state index is -0.610. The fourth-order valence-corrected chi connectivity index (χ4v) is 6.13. The molecule has 0 aliphatic carbocycles.